The maximum absolute atomic E-state index is 12.4. The zero-order valence-corrected chi connectivity index (χ0v) is 13.8. The summed E-state index contributed by atoms with van der Waals surface area (Å²) in [6.07, 6.45) is 0.596. The van der Waals surface area contributed by atoms with Crippen molar-refractivity contribution in [3.63, 3.8) is 0 Å². The van der Waals surface area contributed by atoms with Crippen molar-refractivity contribution in [1.29, 1.82) is 0 Å². The lowest BCUT2D eigenvalue weighted by atomic mass is 10.1. The molecule has 0 unspecified atom stereocenters. The van der Waals surface area contributed by atoms with Crippen LogP contribution in [-0.4, -0.2) is 48.6 Å². The van der Waals surface area contributed by atoms with Gasteiger partial charge >= 0.3 is 0 Å². The second kappa shape index (κ2) is 6.62. The number of hydrogen-bond acceptors (Lipinski definition) is 5. The molecule has 2 atom stereocenters. The number of likely N-dealkylation sites (N-methyl/N-ethyl adjacent to an activating group) is 1. The maximum Gasteiger partial charge on any atom is 0.252 e. The lowest BCUT2D eigenvalue weighted by molar-refractivity contribution is -0.125. The van der Waals surface area contributed by atoms with Gasteiger partial charge in [0.15, 0.2) is 0 Å². The average molecular weight is 330 g/mol. The Balaban J connectivity index is 1.92. The van der Waals surface area contributed by atoms with Crippen LogP contribution < -0.4 is 21.3 Å². The summed E-state index contributed by atoms with van der Waals surface area (Å²) in [7, 11) is 3.22. The Bertz CT molecular complexity index is 817. The van der Waals surface area contributed by atoms with Gasteiger partial charge in [0.2, 0.25) is 5.91 Å². The Morgan fingerprint density at radius 2 is 2.25 bits per heavy atom. The average Bonchev–Trinajstić information content (AvgIpc) is 2.94. The Morgan fingerprint density at radius 3 is 2.96 bits per heavy atom. The number of benzene rings is 1. The number of nitrogens with two attached hydrogens (primary N) is 1. The number of hydrogen-bond donors (Lipinski definition) is 3. The van der Waals surface area contributed by atoms with E-state index in [2.05, 4.69) is 10.3 Å². The summed E-state index contributed by atoms with van der Waals surface area (Å²) in [6, 6.07) is 6.98. The molecule has 0 aliphatic carbocycles. The third kappa shape index (κ3) is 3.13. The van der Waals surface area contributed by atoms with Crippen LogP contribution in [-0.2, 0) is 11.3 Å². The minimum atomic E-state index is -0.301. The first-order valence-electron chi connectivity index (χ1n) is 7.93. The van der Waals surface area contributed by atoms with E-state index in [-0.39, 0.29) is 23.6 Å². The molecule has 1 fully saturated rings. The van der Waals surface area contributed by atoms with Crippen LogP contribution in [0.5, 0.6) is 5.75 Å². The Hall–Kier alpha value is -2.38. The fourth-order valence-corrected chi connectivity index (χ4v) is 3.25. The highest BCUT2D eigenvalue weighted by atomic mass is 16.5. The van der Waals surface area contributed by atoms with Gasteiger partial charge in [-0.1, -0.05) is 0 Å². The van der Waals surface area contributed by atoms with Gasteiger partial charge in [0.05, 0.1) is 13.2 Å². The molecule has 0 bridgehead atoms. The molecule has 1 aliphatic rings. The van der Waals surface area contributed by atoms with Gasteiger partial charge < -0.3 is 20.8 Å². The second-order valence-electron chi connectivity index (χ2n) is 6.13. The molecule has 7 nitrogen and oxygen atoms in total. The summed E-state index contributed by atoms with van der Waals surface area (Å²) in [4.78, 5) is 29.2. The predicted octanol–water partition coefficient (Wildman–Crippen LogP) is 0.184. The van der Waals surface area contributed by atoms with Gasteiger partial charge in [0, 0.05) is 42.6 Å². The molecular weight excluding hydrogens is 308 g/mol. The zero-order chi connectivity index (χ0) is 17.3. The molecule has 0 saturated carbocycles. The van der Waals surface area contributed by atoms with E-state index in [4.69, 9.17) is 10.5 Å². The minimum Gasteiger partial charge on any atom is -0.497 e. The van der Waals surface area contributed by atoms with Gasteiger partial charge in [-0.3, -0.25) is 14.5 Å². The number of methoxy groups -OCH3 is 1. The Morgan fingerprint density at radius 1 is 1.46 bits per heavy atom. The number of ether oxygens (including phenoxy) is 1. The van der Waals surface area contributed by atoms with E-state index < -0.39 is 0 Å². The van der Waals surface area contributed by atoms with Gasteiger partial charge in [-0.05, 0) is 30.7 Å². The highest BCUT2D eigenvalue weighted by Crippen LogP contribution is 2.22. The first-order chi connectivity index (χ1) is 11.5. The lowest BCUT2D eigenvalue weighted by Gasteiger charge is -2.22. The summed E-state index contributed by atoms with van der Waals surface area (Å²) in [5, 5.41) is 3.56. The quantitative estimate of drug-likeness (QED) is 0.743. The van der Waals surface area contributed by atoms with Crippen molar-refractivity contribution in [2.24, 2.45) is 5.73 Å². The summed E-state index contributed by atoms with van der Waals surface area (Å²) in [5.41, 5.74) is 7.22. The van der Waals surface area contributed by atoms with Crippen LogP contribution in [0.25, 0.3) is 10.9 Å². The number of aromatic nitrogens is 1. The van der Waals surface area contributed by atoms with Crippen molar-refractivity contribution in [1.82, 2.24) is 15.2 Å². The molecule has 2 heterocycles. The highest BCUT2D eigenvalue weighted by Gasteiger charge is 2.34. The monoisotopic (exact) mass is 330 g/mol. The predicted molar refractivity (Wildman–Crippen MR) is 92.0 cm³/mol. The van der Waals surface area contributed by atoms with Crippen LogP contribution >= 0.6 is 0 Å². The molecule has 1 amide bonds. The number of aromatic amines is 1. The molecule has 2 aromatic rings. The zero-order valence-electron chi connectivity index (χ0n) is 13.8. The number of nitrogens with zero attached hydrogens (tertiary/aromatic N) is 1. The van der Waals surface area contributed by atoms with Crippen molar-refractivity contribution in [3.8, 4) is 5.75 Å². The van der Waals surface area contributed by atoms with E-state index in [1.807, 2.05) is 23.1 Å². The first-order valence-corrected chi connectivity index (χ1v) is 7.93. The molecule has 1 aromatic carbocycles. The molecule has 7 heteroatoms. The number of amides is 1. The third-order valence-corrected chi connectivity index (χ3v) is 4.49. The van der Waals surface area contributed by atoms with Gasteiger partial charge in [0.1, 0.15) is 5.75 Å². The molecule has 1 saturated heterocycles. The third-order valence-electron chi connectivity index (χ3n) is 4.49. The molecule has 1 aromatic heterocycles. The number of likely N-dealkylation sites (tertiary alicyclic amines) is 1. The molecule has 0 spiro atoms. The largest absolute Gasteiger partial charge is 0.497 e. The number of carbonyl (C=O) groups excluding carboxylic acids is 1. The number of fused-ring (bicyclic) bond motifs is 1. The van der Waals surface area contributed by atoms with Crippen molar-refractivity contribution in [2.75, 3.05) is 20.7 Å². The van der Waals surface area contributed by atoms with Gasteiger partial charge in [-0.25, -0.2) is 0 Å². The van der Waals surface area contributed by atoms with Crippen molar-refractivity contribution in [2.45, 2.75) is 25.0 Å². The van der Waals surface area contributed by atoms with Crippen LogP contribution in [0.3, 0.4) is 0 Å². The van der Waals surface area contributed by atoms with E-state index in [1.54, 1.807) is 20.2 Å². The number of carbonyl (C=O) groups is 1. The number of nitrogens with one attached hydrogen (secondary N) is 2. The fraction of sp³-hybridized carbons (Fsp3) is 0.412. The molecule has 3 rings (SSSR count). The van der Waals surface area contributed by atoms with Gasteiger partial charge in [-0.15, -0.1) is 0 Å². The van der Waals surface area contributed by atoms with Crippen LogP contribution in [0.15, 0.2) is 29.1 Å². The Labute approximate surface area is 139 Å². The van der Waals surface area contributed by atoms with E-state index >= 15 is 0 Å². The SMILES string of the molecule is CNC(=O)[C@@H]1C[C@@H](N)CN1Cc1cc2cc(OC)ccc2[nH]c1=O. The van der Waals surface area contributed by atoms with E-state index in [9.17, 15) is 9.59 Å². The van der Waals surface area contributed by atoms with Crippen molar-refractivity contribution >= 4 is 16.8 Å². The van der Waals surface area contributed by atoms with E-state index in [0.717, 1.165) is 16.7 Å². The molecule has 4 N–H and O–H groups in total. The molecule has 128 valence electrons. The van der Waals surface area contributed by atoms with Crippen molar-refractivity contribution < 1.29 is 9.53 Å². The maximum atomic E-state index is 12.4. The molecule has 1 aliphatic heterocycles. The first kappa shape index (κ1) is 16.5. The van der Waals surface area contributed by atoms with Crippen LogP contribution in [0.4, 0.5) is 0 Å². The second-order valence-corrected chi connectivity index (χ2v) is 6.13. The Kier molecular flexibility index (Phi) is 4.55. The normalized spacial score (nSPS) is 21.1. The standard InChI is InChI=1S/C17H22N4O3/c1-19-17(23)15-7-12(18)9-21(15)8-11-5-10-6-13(24-2)3-4-14(10)20-16(11)22/h3-6,12,15H,7-9,18H2,1-2H3,(H,19,23)(H,20,22)/t12-,15+/m1/s1. The molecule has 24 heavy (non-hydrogen) atoms. The summed E-state index contributed by atoms with van der Waals surface area (Å²) in [5.74, 6) is 0.661. The topological polar surface area (TPSA) is 100 Å². The molecular formula is C17H22N4O3. The number of pyridine rings is 1. The van der Waals surface area contributed by atoms with Gasteiger partial charge in [0.25, 0.3) is 5.56 Å². The van der Waals surface area contributed by atoms with Crippen LogP contribution in [0.1, 0.15) is 12.0 Å². The van der Waals surface area contributed by atoms with Gasteiger partial charge in [-0.2, -0.15) is 0 Å². The van der Waals surface area contributed by atoms with Crippen molar-refractivity contribution in [3.05, 3.63) is 40.2 Å². The minimum absolute atomic E-state index is 0.0630. The number of H-pyrrole nitrogens is 1. The van der Waals surface area contributed by atoms with E-state index in [0.29, 0.717) is 25.1 Å². The smallest absolute Gasteiger partial charge is 0.252 e. The molecule has 0 radical (unpaired) electrons. The number of rotatable bonds is 4. The highest BCUT2D eigenvalue weighted by molar-refractivity contribution is 5.82. The van der Waals surface area contributed by atoms with E-state index in [1.165, 1.54) is 0 Å². The summed E-state index contributed by atoms with van der Waals surface area (Å²) in [6.45, 7) is 0.974. The lowest BCUT2D eigenvalue weighted by Crippen LogP contribution is -2.42. The van der Waals surface area contributed by atoms with Crippen LogP contribution in [0, 0.1) is 0 Å². The summed E-state index contributed by atoms with van der Waals surface area (Å²) >= 11 is 0. The fourth-order valence-electron chi connectivity index (χ4n) is 3.25. The van der Waals surface area contributed by atoms with Crippen LogP contribution in [0.2, 0.25) is 0 Å². The summed E-state index contributed by atoms with van der Waals surface area (Å²) < 4.78 is 5.23.